The molecule has 1 unspecified atom stereocenters. The van der Waals surface area contributed by atoms with Crippen molar-refractivity contribution in [3.8, 4) is 0 Å². The number of hydrogen-bond acceptors (Lipinski definition) is 1. The molecule has 0 saturated heterocycles. The molecule has 3 heteroatoms. The van der Waals surface area contributed by atoms with Crippen molar-refractivity contribution in [1.82, 2.24) is 0 Å². The van der Waals surface area contributed by atoms with Crippen molar-refractivity contribution in [1.29, 1.82) is 0 Å². The van der Waals surface area contributed by atoms with Crippen LogP contribution in [-0.2, 0) is 4.43 Å². The Hall–Kier alpha value is 0.647. The Morgan fingerprint density at radius 3 is 1.85 bits per heavy atom. The second-order valence-electron chi connectivity index (χ2n) is 6.69. The molecule has 1 atom stereocenters. The van der Waals surface area contributed by atoms with E-state index in [9.17, 15) is 0 Å². The minimum Gasteiger partial charge on any atom is -0.411 e. The van der Waals surface area contributed by atoms with Crippen LogP contribution in [-0.4, -0.2) is 13.9 Å². The second-order valence-corrected chi connectivity index (χ2v) is 12.1. The number of hydrogen-bond donors (Lipinski definition) is 0. The van der Waals surface area contributed by atoms with Gasteiger partial charge in [-0.15, -0.1) is 0 Å². The molecule has 0 spiro atoms. The molecular weight excluding hydrogens is 375 g/mol. The zero-order valence-corrected chi connectivity index (χ0v) is 17.8. The van der Waals surface area contributed by atoms with Crippen molar-refractivity contribution in [3.05, 3.63) is 10.2 Å². The maximum Gasteiger partial charge on any atom is 0.192 e. The molecule has 0 saturated carbocycles. The lowest BCUT2D eigenvalue weighted by molar-refractivity contribution is -0.0196. The van der Waals surface area contributed by atoms with Crippen LogP contribution in [0.4, 0.5) is 0 Å². The maximum absolute atomic E-state index is 6.98. The van der Waals surface area contributed by atoms with Gasteiger partial charge in [0.25, 0.3) is 0 Å². The summed E-state index contributed by atoms with van der Waals surface area (Å²) in [6, 6.07) is 3.68. The van der Waals surface area contributed by atoms with E-state index >= 15 is 0 Å². The monoisotopic (exact) mass is 410 g/mol. The summed E-state index contributed by atoms with van der Waals surface area (Å²) in [5, 5.41) is 0. The first-order valence-corrected chi connectivity index (χ1v) is 12.0. The van der Waals surface area contributed by atoms with Gasteiger partial charge in [-0.05, 0) is 35.6 Å². The molecule has 0 aromatic carbocycles. The fourth-order valence-corrected chi connectivity index (χ4v) is 6.95. The van der Waals surface area contributed by atoms with E-state index in [0.717, 1.165) is 6.42 Å². The molecule has 0 rings (SSSR count). The van der Waals surface area contributed by atoms with Crippen LogP contribution in [0, 0.1) is 5.41 Å². The lowest BCUT2D eigenvalue weighted by atomic mass is 9.73. The average molecular weight is 410 g/mol. The zero-order chi connectivity index (χ0) is 15.9. The SMILES string of the molecule is CCCCC(C)(O[Si](CC)(CC)CC)C(C)(C)/C=C/I. The highest BCUT2D eigenvalue weighted by Gasteiger charge is 2.45. The van der Waals surface area contributed by atoms with Crippen molar-refractivity contribution in [2.75, 3.05) is 0 Å². The summed E-state index contributed by atoms with van der Waals surface area (Å²) in [5.41, 5.74) is 0.0417. The summed E-state index contributed by atoms with van der Waals surface area (Å²) in [4.78, 5) is 0. The highest BCUT2D eigenvalue weighted by Crippen LogP contribution is 2.43. The molecule has 0 aliphatic rings. The third-order valence-electron chi connectivity index (χ3n) is 5.22. The van der Waals surface area contributed by atoms with Crippen LogP contribution in [0.25, 0.3) is 0 Å². The molecule has 0 N–H and O–H groups in total. The lowest BCUT2D eigenvalue weighted by Crippen LogP contribution is -2.52. The normalized spacial score (nSPS) is 16.6. The van der Waals surface area contributed by atoms with E-state index in [1.54, 1.807) is 0 Å². The maximum atomic E-state index is 6.98. The molecule has 0 fully saturated rings. The summed E-state index contributed by atoms with van der Waals surface area (Å²) >= 11 is 2.33. The number of rotatable bonds is 10. The van der Waals surface area contributed by atoms with Crippen LogP contribution < -0.4 is 0 Å². The quantitative estimate of drug-likeness (QED) is 0.280. The van der Waals surface area contributed by atoms with E-state index in [1.165, 1.54) is 31.0 Å². The van der Waals surface area contributed by atoms with Gasteiger partial charge in [0.1, 0.15) is 0 Å². The molecule has 0 aromatic heterocycles. The third-order valence-corrected chi connectivity index (χ3v) is 10.3. The first-order valence-electron chi connectivity index (χ1n) is 8.24. The Kier molecular flexibility index (Phi) is 9.23. The molecule has 0 aromatic rings. The van der Waals surface area contributed by atoms with E-state index in [1.807, 2.05) is 0 Å². The van der Waals surface area contributed by atoms with Crippen LogP contribution >= 0.6 is 22.6 Å². The van der Waals surface area contributed by atoms with E-state index in [2.05, 4.69) is 81.2 Å². The molecule has 1 nitrogen and oxygen atoms in total. The molecule has 120 valence electrons. The lowest BCUT2D eigenvalue weighted by Gasteiger charge is -2.48. The van der Waals surface area contributed by atoms with Gasteiger partial charge < -0.3 is 4.43 Å². The zero-order valence-electron chi connectivity index (χ0n) is 14.7. The first-order chi connectivity index (χ1) is 9.26. The topological polar surface area (TPSA) is 9.23 Å². The molecule has 0 bridgehead atoms. The fourth-order valence-electron chi connectivity index (χ4n) is 2.80. The van der Waals surface area contributed by atoms with Gasteiger partial charge in [-0.25, -0.2) is 0 Å². The predicted octanol–water partition coefficient (Wildman–Crippen LogP) is 6.93. The van der Waals surface area contributed by atoms with Crippen LogP contribution in [0.1, 0.15) is 67.7 Å². The molecular formula is C17H35IOSi. The number of unbranched alkanes of at least 4 members (excludes halogenated alkanes) is 1. The highest BCUT2D eigenvalue weighted by molar-refractivity contribution is 14.1. The van der Waals surface area contributed by atoms with Gasteiger partial charge in [-0.2, -0.15) is 0 Å². The molecule has 0 heterocycles. The van der Waals surface area contributed by atoms with Gasteiger partial charge in [0.05, 0.1) is 5.60 Å². The van der Waals surface area contributed by atoms with Gasteiger partial charge in [-0.3, -0.25) is 0 Å². The minimum atomic E-state index is -1.58. The van der Waals surface area contributed by atoms with Crippen molar-refractivity contribution >= 4 is 30.9 Å². The van der Waals surface area contributed by atoms with Crippen molar-refractivity contribution in [3.63, 3.8) is 0 Å². The van der Waals surface area contributed by atoms with Crippen molar-refractivity contribution in [2.45, 2.75) is 91.5 Å². The Bertz CT molecular complexity index is 289. The third kappa shape index (κ3) is 5.13. The number of halogens is 1. The second kappa shape index (κ2) is 8.94. The summed E-state index contributed by atoms with van der Waals surface area (Å²) in [6.45, 7) is 16.2. The van der Waals surface area contributed by atoms with E-state index in [4.69, 9.17) is 4.43 Å². The standard InChI is InChI=1S/C17H35IOSi/c1-8-12-13-17(7,16(5,6)14-15-18)19-20(9-2,10-3)11-4/h14-15H,8-13H2,1-7H3/b15-14+. The van der Waals surface area contributed by atoms with Gasteiger partial charge in [0, 0.05) is 5.41 Å². The van der Waals surface area contributed by atoms with Crippen LogP contribution in [0.2, 0.25) is 18.1 Å². The van der Waals surface area contributed by atoms with Crippen LogP contribution in [0.5, 0.6) is 0 Å². The Morgan fingerprint density at radius 1 is 1.00 bits per heavy atom. The molecule has 0 radical (unpaired) electrons. The highest BCUT2D eigenvalue weighted by atomic mass is 127. The van der Waals surface area contributed by atoms with Crippen molar-refractivity contribution in [2.24, 2.45) is 5.41 Å². The van der Waals surface area contributed by atoms with E-state index in [0.29, 0.717) is 0 Å². The summed E-state index contributed by atoms with van der Waals surface area (Å²) in [7, 11) is -1.58. The van der Waals surface area contributed by atoms with E-state index < -0.39 is 8.32 Å². The molecule has 0 amide bonds. The molecule has 0 aliphatic carbocycles. The smallest absolute Gasteiger partial charge is 0.192 e. The summed E-state index contributed by atoms with van der Waals surface area (Å²) in [6.07, 6.45) is 5.97. The van der Waals surface area contributed by atoms with Crippen LogP contribution in [0.15, 0.2) is 10.2 Å². The Balaban J connectivity index is 5.43. The average Bonchev–Trinajstić information content (AvgIpc) is 2.42. The minimum absolute atomic E-state index is 0.0427. The fraction of sp³-hybridized carbons (Fsp3) is 0.882. The van der Waals surface area contributed by atoms with Gasteiger partial charge in [0.2, 0.25) is 0 Å². The van der Waals surface area contributed by atoms with Gasteiger partial charge in [0.15, 0.2) is 8.32 Å². The molecule has 20 heavy (non-hydrogen) atoms. The summed E-state index contributed by atoms with van der Waals surface area (Å²) in [5.74, 6) is 0. The van der Waals surface area contributed by atoms with Gasteiger partial charge in [-0.1, -0.05) is 83.1 Å². The van der Waals surface area contributed by atoms with Crippen LogP contribution in [0.3, 0.4) is 0 Å². The summed E-state index contributed by atoms with van der Waals surface area (Å²) < 4.78 is 9.13. The largest absolute Gasteiger partial charge is 0.411 e. The Labute approximate surface area is 142 Å². The Morgan fingerprint density at radius 2 is 1.50 bits per heavy atom. The van der Waals surface area contributed by atoms with Gasteiger partial charge >= 0.3 is 0 Å². The van der Waals surface area contributed by atoms with Crippen molar-refractivity contribution < 1.29 is 4.43 Å². The first kappa shape index (κ1) is 20.6. The van der Waals surface area contributed by atoms with E-state index in [-0.39, 0.29) is 11.0 Å². The molecule has 0 aliphatic heterocycles. The predicted molar refractivity (Wildman–Crippen MR) is 103 cm³/mol.